The zero-order chi connectivity index (χ0) is 20.8. The number of rotatable bonds is 9. The van der Waals surface area contributed by atoms with Crippen LogP contribution in [0.15, 0.2) is 47.1 Å². The van der Waals surface area contributed by atoms with Crippen molar-refractivity contribution in [3.63, 3.8) is 0 Å². The van der Waals surface area contributed by atoms with Gasteiger partial charge in [0.1, 0.15) is 30.9 Å². The molecule has 8 heteroatoms. The average molecular weight is 475 g/mol. The zero-order valence-corrected chi connectivity index (χ0v) is 18.7. The van der Waals surface area contributed by atoms with Crippen molar-refractivity contribution in [3.05, 3.63) is 74.9 Å². The predicted molar refractivity (Wildman–Crippen MR) is 117 cm³/mol. The number of oxazole rings is 1. The first-order valence-corrected chi connectivity index (χ1v) is 10.6. The summed E-state index contributed by atoms with van der Waals surface area (Å²) in [6, 6.07) is 11.7. The first kappa shape index (κ1) is 22.1. The van der Waals surface area contributed by atoms with Crippen molar-refractivity contribution in [2.75, 3.05) is 12.5 Å². The van der Waals surface area contributed by atoms with Gasteiger partial charge in [0.05, 0.1) is 15.9 Å². The minimum absolute atomic E-state index is 0.103. The molecule has 154 valence electrons. The van der Waals surface area contributed by atoms with E-state index in [0.29, 0.717) is 40.6 Å². The smallest absolute Gasteiger partial charge is 0.292 e. The summed E-state index contributed by atoms with van der Waals surface area (Å²) in [4.78, 5) is 3.99. The summed E-state index contributed by atoms with van der Waals surface area (Å²) in [7, 11) is 0. The lowest BCUT2D eigenvalue weighted by molar-refractivity contribution is 0.301. The lowest BCUT2D eigenvalue weighted by atomic mass is 9.93. The fraction of sp³-hybridized carbons (Fsp3) is 0.286. The number of hydrogen-bond acceptors (Lipinski definition) is 4. The molecule has 1 heterocycles. The molecule has 1 unspecified atom stereocenters. The molecule has 1 aromatic heterocycles. The molecule has 0 aliphatic rings. The van der Waals surface area contributed by atoms with E-state index in [2.05, 4.69) is 11.9 Å². The number of alkyl halides is 1. The molecular weight excluding hydrogens is 456 g/mol. The van der Waals surface area contributed by atoms with Crippen molar-refractivity contribution >= 4 is 46.4 Å². The summed E-state index contributed by atoms with van der Waals surface area (Å²) in [6.07, 6.45) is 2.26. The number of halogens is 4. The summed E-state index contributed by atoms with van der Waals surface area (Å²) >= 11 is 23.9. The molecule has 0 spiro atoms. The maximum Gasteiger partial charge on any atom is 0.292 e. The lowest BCUT2D eigenvalue weighted by Crippen LogP contribution is -2.02. The molecule has 0 radical (unpaired) electrons. The molecule has 0 fully saturated rings. The Bertz CT molecular complexity index is 920. The van der Waals surface area contributed by atoms with Crippen LogP contribution in [0.5, 0.6) is 11.5 Å². The average Bonchev–Trinajstić information content (AvgIpc) is 3.11. The Hall–Kier alpha value is -1.59. The van der Waals surface area contributed by atoms with Gasteiger partial charge >= 0.3 is 0 Å². The van der Waals surface area contributed by atoms with Crippen LogP contribution >= 0.6 is 46.4 Å². The Labute approximate surface area is 189 Å². The lowest BCUT2D eigenvalue weighted by Gasteiger charge is -2.15. The summed E-state index contributed by atoms with van der Waals surface area (Å²) in [6.45, 7) is 2.79. The number of benzene rings is 2. The van der Waals surface area contributed by atoms with Crippen LogP contribution in [-0.4, -0.2) is 17.5 Å². The highest BCUT2D eigenvalue weighted by molar-refractivity contribution is 6.37. The van der Waals surface area contributed by atoms with E-state index in [4.69, 9.17) is 60.3 Å². The molecule has 4 nitrogen and oxygen atoms in total. The van der Waals surface area contributed by atoms with E-state index in [9.17, 15) is 0 Å². The maximum atomic E-state index is 6.32. The van der Waals surface area contributed by atoms with Crippen LogP contribution in [0.2, 0.25) is 15.4 Å². The van der Waals surface area contributed by atoms with E-state index < -0.39 is 0 Å². The molecule has 29 heavy (non-hydrogen) atoms. The van der Waals surface area contributed by atoms with Gasteiger partial charge in [0, 0.05) is 0 Å². The second kappa shape index (κ2) is 10.4. The Kier molecular flexibility index (Phi) is 7.96. The Balaban J connectivity index is 1.61. The molecule has 0 saturated carbocycles. The van der Waals surface area contributed by atoms with Gasteiger partial charge in [-0.05, 0) is 59.3 Å². The first-order chi connectivity index (χ1) is 14.0. The highest BCUT2D eigenvalue weighted by Gasteiger charge is 2.13. The quantitative estimate of drug-likeness (QED) is 0.308. The third-order valence-corrected chi connectivity index (χ3v) is 5.17. The van der Waals surface area contributed by atoms with Crippen molar-refractivity contribution in [2.24, 2.45) is 0 Å². The van der Waals surface area contributed by atoms with Crippen LogP contribution in [0.1, 0.15) is 29.7 Å². The normalized spacial score (nSPS) is 12.0. The van der Waals surface area contributed by atoms with Gasteiger partial charge in [-0.25, -0.2) is 4.98 Å². The van der Waals surface area contributed by atoms with Crippen LogP contribution in [-0.2, 0) is 13.0 Å². The minimum atomic E-state index is 0.103. The third-order valence-electron chi connectivity index (χ3n) is 4.28. The molecular formula is C21H19Cl4NO3. The van der Waals surface area contributed by atoms with Crippen molar-refractivity contribution in [1.82, 2.24) is 4.98 Å². The van der Waals surface area contributed by atoms with E-state index in [1.54, 1.807) is 0 Å². The third kappa shape index (κ3) is 6.19. The fourth-order valence-corrected chi connectivity index (χ4v) is 3.75. The molecule has 0 aliphatic heterocycles. The van der Waals surface area contributed by atoms with E-state index in [0.717, 1.165) is 17.7 Å². The van der Waals surface area contributed by atoms with Crippen molar-refractivity contribution in [2.45, 2.75) is 25.9 Å². The van der Waals surface area contributed by atoms with Crippen LogP contribution in [0.3, 0.4) is 0 Å². The van der Waals surface area contributed by atoms with Gasteiger partial charge in [-0.1, -0.05) is 42.3 Å². The number of nitrogens with zero attached hydrogens (tertiary/aromatic N) is 1. The minimum Gasteiger partial charge on any atom is -0.489 e. The Morgan fingerprint density at radius 1 is 1.03 bits per heavy atom. The number of hydrogen-bond donors (Lipinski definition) is 0. The topological polar surface area (TPSA) is 44.5 Å². The maximum absolute atomic E-state index is 6.32. The van der Waals surface area contributed by atoms with Crippen LogP contribution in [0, 0.1) is 0 Å². The molecule has 3 rings (SSSR count). The summed E-state index contributed by atoms with van der Waals surface area (Å²) in [5, 5.41) is 1.08. The van der Waals surface area contributed by atoms with Crippen LogP contribution in [0.25, 0.3) is 0 Å². The zero-order valence-electron chi connectivity index (χ0n) is 15.6. The van der Waals surface area contributed by atoms with Crippen molar-refractivity contribution in [1.29, 1.82) is 0 Å². The number of ether oxygens (including phenoxy) is 2. The SMILES string of the molecule is CC(Cc1cc(Cl)c(OCCCl)c(Cl)c1)c1ccc(OCc2coc(Cl)n2)cc1. The van der Waals surface area contributed by atoms with Gasteiger partial charge in [-0.15, -0.1) is 11.6 Å². The molecule has 0 amide bonds. The van der Waals surface area contributed by atoms with Gasteiger partial charge in [-0.2, -0.15) is 0 Å². The molecule has 3 aromatic rings. The highest BCUT2D eigenvalue weighted by atomic mass is 35.5. The van der Waals surface area contributed by atoms with Gasteiger partial charge < -0.3 is 13.9 Å². The Morgan fingerprint density at radius 2 is 1.72 bits per heavy atom. The van der Waals surface area contributed by atoms with E-state index in [-0.39, 0.29) is 11.3 Å². The Morgan fingerprint density at radius 3 is 2.31 bits per heavy atom. The molecule has 0 N–H and O–H groups in total. The van der Waals surface area contributed by atoms with Crippen LogP contribution in [0.4, 0.5) is 0 Å². The molecule has 1 atom stereocenters. The monoisotopic (exact) mass is 473 g/mol. The fourth-order valence-electron chi connectivity index (χ4n) is 2.88. The van der Waals surface area contributed by atoms with E-state index in [1.807, 2.05) is 36.4 Å². The highest BCUT2D eigenvalue weighted by Crippen LogP contribution is 2.35. The van der Waals surface area contributed by atoms with Gasteiger partial charge in [-0.3, -0.25) is 0 Å². The van der Waals surface area contributed by atoms with Crippen LogP contribution < -0.4 is 9.47 Å². The predicted octanol–water partition coefficient (Wildman–Crippen LogP) is 7.18. The number of aromatic nitrogens is 1. The molecule has 0 bridgehead atoms. The van der Waals surface area contributed by atoms with Gasteiger partial charge in [0.2, 0.25) is 0 Å². The standard InChI is InChI=1S/C21H19Cl4NO3/c1-13(8-14-9-18(23)20(19(24)10-14)27-7-6-22)15-2-4-17(5-3-15)28-11-16-12-29-21(25)26-16/h2-5,9-10,12-13H,6-8,11H2,1H3. The molecule has 0 aliphatic carbocycles. The van der Waals surface area contributed by atoms with Gasteiger partial charge in [0.25, 0.3) is 5.35 Å². The first-order valence-electron chi connectivity index (χ1n) is 8.95. The largest absolute Gasteiger partial charge is 0.489 e. The second-order valence-electron chi connectivity index (χ2n) is 6.48. The second-order valence-corrected chi connectivity index (χ2v) is 8.00. The van der Waals surface area contributed by atoms with E-state index >= 15 is 0 Å². The molecule has 0 saturated heterocycles. The summed E-state index contributed by atoms with van der Waals surface area (Å²) in [5.41, 5.74) is 2.85. The van der Waals surface area contributed by atoms with Crippen molar-refractivity contribution < 1.29 is 13.9 Å². The van der Waals surface area contributed by atoms with Crippen molar-refractivity contribution in [3.8, 4) is 11.5 Å². The van der Waals surface area contributed by atoms with Gasteiger partial charge in [0.15, 0.2) is 5.75 Å². The summed E-state index contributed by atoms with van der Waals surface area (Å²) < 4.78 is 16.1. The molecule has 2 aromatic carbocycles. The van der Waals surface area contributed by atoms with E-state index in [1.165, 1.54) is 11.8 Å². The summed E-state index contributed by atoms with van der Waals surface area (Å²) in [5.74, 6) is 1.85.